The van der Waals surface area contributed by atoms with Crippen LogP contribution in [0.25, 0.3) is 5.57 Å². The second-order valence-corrected chi connectivity index (χ2v) is 6.74. The third-order valence-corrected chi connectivity index (χ3v) is 4.54. The number of rotatable bonds is 10. The standard InChI is InChI=1S/C25H26N4O2/c1-31-23-11-9-21(10-12-23)24(22-6-4-14-27-19-22)7-2-8-25(30)29-16-15-28-18-20-5-3-13-26-17-20/h2-14,17,19,28H,15-16,18H2,1H3,(H,29,30)/b8-2+,24-7+. The number of carbonyl (C=O) groups excluding carboxylic acids is 1. The van der Waals surface area contributed by atoms with Gasteiger partial charge in [-0.05, 0) is 41.0 Å². The molecule has 31 heavy (non-hydrogen) atoms. The first-order valence-corrected chi connectivity index (χ1v) is 10.1. The largest absolute Gasteiger partial charge is 0.497 e. The van der Waals surface area contributed by atoms with Crippen molar-refractivity contribution < 1.29 is 9.53 Å². The first kappa shape index (κ1) is 21.9. The summed E-state index contributed by atoms with van der Waals surface area (Å²) < 4.78 is 5.24. The second-order valence-electron chi connectivity index (χ2n) is 6.74. The zero-order chi connectivity index (χ0) is 21.7. The van der Waals surface area contributed by atoms with E-state index in [1.54, 1.807) is 31.8 Å². The third-order valence-electron chi connectivity index (χ3n) is 4.54. The van der Waals surface area contributed by atoms with Crippen molar-refractivity contribution in [1.82, 2.24) is 20.6 Å². The molecule has 158 valence electrons. The molecular formula is C25H26N4O2. The Morgan fingerprint density at radius 2 is 1.74 bits per heavy atom. The van der Waals surface area contributed by atoms with Crippen LogP contribution in [-0.4, -0.2) is 36.1 Å². The molecular weight excluding hydrogens is 388 g/mol. The Morgan fingerprint density at radius 1 is 0.968 bits per heavy atom. The van der Waals surface area contributed by atoms with Crippen LogP contribution in [0.2, 0.25) is 0 Å². The van der Waals surface area contributed by atoms with E-state index in [0.29, 0.717) is 13.1 Å². The summed E-state index contributed by atoms with van der Waals surface area (Å²) in [5.74, 6) is 0.654. The summed E-state index contributed by atoms with van der Waals surface area (Å²) in [5.41, 5.74) is 4.06. The topological polar surface area (TPSA) is 76.1 Å². The van der Waals surface area contributed by atoms with Gasteiger partial charge in [-0.1, -0.05) is 36.4 Å². The Kier molecular flexibility index (Phi) is 8.52. The molecule has 0 aliphatic heterocycles. The maximum Gasteiger partial charge on any atom is 0.244 e. The molecule has 2 heterocycles. The van der Waals surface area contributed by atoms with Gasteiger partial charge in [0.15, 0.2) is 0 Å². The van der Waals surface area contributed by atoms with E-state index in [0.717, 1.165) is 34.6 Å². The van der Waals surface area contributed by atoms with E-state index in [-0.39, 0.29) is 5.91 Å². The highest BCUT2D eigenvalue weighted by molar-refractivity contribution is 5.89. The van der Waals surface area contributed by atoms with Crippen LogP contribution in [-0.2, 0) is 11.3 Å². The van der Waals surface area contributed by atoms with Gasteiger partial charge >= 0.3 is 0 Å². The fraction of sp³-hybridized carbons (Fsp3) is 0.160. The predicted molar refractivity (Wildman–Crippen MR) is 122 cm³/mol. The molecule has 0 saturated carbocycles. The van der Waals surface area contributed by atoms with Crippen LogP contribution in [0.1, 0.15) is 16.7 Å². The maximum absolute atomic E-state index is 12.1. The van der Waals surface area contributed by atoms with E-state index in [2.05, 4.69) is 20.6 Å². The summed E-state index contributed by atoms with van der Waals surface area (Å²) in [7, 11) is 1.64. The Morgan fingerprint density at radius 3 is 2.42 bits per heavy atom. The number of carbonyl (C=O) groups is 1. The van der Waals surface area contributed by atoms with E-state index in [1.807, 2.05) is 60.8 Å². The van der Waals surface area contributed by atoms with Gasteiger partial charge in [0.2, 0.25) is 5.91 Å². The lowest BCUT2D eigenvalue weighted by atomic mass is 9.99. The summed E-state index contributed by atoms with van der Waals surface area (Å²) in [6, 6.07) is 15.6. The molecule has 0 radical (unpaired) electrons. The molecule has 0 spiro atoms. The molecule has 1 amide bonds. The molecule has 1 aromatic carbocycles. The van der Waals surface area contributed by atoms with Crippen LogP contribution in [0.4, 0.5) is 0 Å². The number of nitrogens with one attached hydrogen (secondary N) is 2. The SMILES string of the molecule is COc1ccc(/C(=C\C=C\C(=O)NCCNCc2cccnc2)c2cccnc2)cc1. The van der Waals surface area contributed by atoms with Crippen LogP contribution in [0.15, 0.2) is 91.5 Å². The van der Waals surface area contributed by atoms with Gasteiger partial charge in [-0.25, -0.2) is 0 Å². The van der Waals surface area contributed by atoms with Crippen LogP contribution in [0.5, 0.6) is 5.75 Å². The van der Waals surface area contributed by atoms with Crippen molar-refractivity contribution in [2.45, 2.75) is 6.54 Å². The fourth-order valence-corrected chi connectivity index (χ4v) is 2.95. The van der Waals surface area contributed by atoms with Gasteiger partial charge in [-0.3, -0.25) is 14.8 Å². The number of hydrogen-bond acceptors (Lipinski definition) is 5. The maximum atomic E-state index is 12.1. The van der Waals surface area contributed by atoms with Gasteiger partial charge in [0.1, 0.15) is 5.75 Å². The van der Waals surface area contributed by atoms with Gasteiger partial charge in [-0.15, -0.1) is 0 Å². The smallest absolute Gasteiger partial charge is 0.244 e. The first-order valence-electron chi connectivity index (χ1n) is 10.1. The van der Waals surface area contributed by atoms with E-state index in [4.69, 9.17) is 4.74 Å². The fourth-order valence-electron chi connectivity index (χ4n) is 2.95. The van der Waals surface area contributed by atoms with Crippen LogP contribution >= 0.6 is 0 Å². The van der Waals surface area contributed by atoms with E-state index in [1.165, 1.54) is 6.08 Å². The molecule has 0 aliphatic carbocycles. The number of amides is 1. The molecule has 0 atom stereocenters. The molecule has 3 rings (SSSR count). The van der Waals surface area contributed by atoms with Crippen LogP contribution in [0.3, 0.4) is 0 Å². The normalized spacial score (nSPS) is 11.5. The van der Waals surface area contributed by atoms with Crippen molar-refractivity contribution in [2.24, 2.45) is 0 Å². The lowest BCUT2D eigenvalue weighted by Crippen LogP contribution is -2.30. The zero-order valence-corrected chi connectivity index (χ0v) is 17.5. The average molecular weight is 415 g/mol. The number of benzene rings is 1. The highest BCUT2D eigenvalue weighted by atomic mass is 16.5. The van der Waals surface area contributed by atoms with Crippen molar-refractivity contribution in [3.05, 3.63) is 108 Å². The molecule has 0 bridgehead atoms. The van der Waals surface area contributed by atoms with Gasteiger partial charge in [0.25, 0.3) is 0 Å². The number of pyridine rings is 2. The molecule has 3 aromatic rings. The van der Waals surface area contributed by atoms with E-state index in [9.17, 15) is 4.79 Å². The molecule has 0 aliphatic rings. The first-order chi connectivity index (χ1) is 15.3. The minimum Gasteiger partial charge on any atom is -0.497 e. The quantitative estimate of drug-likeness (QED) is 0.302. The number of hydrogen-bond donors (Lipinski definition) is 2. The zero-order valence-electron chi connectivity index (χ0n) is 17.5. The van der Waals surface area contributed by atoms with Crippen molar-refractivity contribution >= 4 is 11.5 Å². The monoisotopic (exact) mass is 414 g/mol. The Balaban J connectivity index is 1.55. The minimum atomic E-state index is -0.139. The van der Waals surface area contributed by atoms with Crippen molar-refractivity contribution in [3.8, 4) is 5.75 Å². The molecule has 2 N–H and O–H groups in total. The molecule has 0 unspecified atom stereocenters. The molecule has 6 heteroatoms. The molecule has 6 nitrogen and oxygen atoms in total. The Labute approximate surface area is 182 Å². The van der Waals surface area contributed by atoms with Gasteiger partial charge in [0, 0.05) is 56.1 Å². The van der Waals surface area contributed by atoms with Crippen LogP contribution in [0, 0.1) is 0 Å². The van der Waals surface area contributed by atoms with E-state index < -0.39 is 0 Å². The summed E-state index contributed by atoms with van der Waals surface area (Å²) in [5, 5.41) is 6.15. The highest BCUT2D eigenvalue weighted by Gasteiger charge is 2.05. The Bertz CT molecular complexity index is 1000. The average Bonchev–Trinajstić information content (AvgIpc) is 2.83. The van der Waals surface area contributed by atoms with Gasteiger partial charge in [0.05, 0.1) is 7.11 Å². The van der Waals surface area contributed by atoms with Crippen molar-refractivity contribution in [2.75, 3.05) is 20.2 Å². The molecule has 0 fully saturated rings. The number of nitrogens with zero attached hydrogens (tertiary/aromatic N) is 2. The number of ether oxygens (including phenoxy) is 1. The van der Waals surface area contributed by atoms with Gasteiger partial charge in [-0.2, -0.15) is 0 Å². The van der Waals surface area contributed by atoms with Gasteiger partial charge < -0.3 is 15.4 Å². The third kappa shape index (κ3) is 7.21. The minimum absolute atomic E-state index is 0.139. The lowest BCUT2D eigenvalue weighted by molar-refractivity contribution is -0.116. The molecule has 0 saturated heterocycles. The Hall–Kier alpha value is -3.77. The summed E-state index contributed by atoms with van der Waals surface area (Å²) in [6.07, 6.45) is 12.3. The number of aromatic nitrogens is 2. The number of allylic oxidation sites excluding steroid dienone is 2. The highest BCUT2D eigenvalue weighted by Crippen LogP contribution is 2.24. The summed E-state index contributed by atoms with van der Waals surface area (Å²) in [4.78, 5) is 20.4. The molecule has 2 aromatic heterocycles. The van der Waals surface area contributed by atoms with Crippen LogP contribution < -0.4 is 15.4 Å². The van der Waals surface area contributed by atoms with Crippen molar-refractivity contribution in [3.63, 3.8) is 0 Å². The summed E-state index contributed by atoms with van der Waals surface area (Å²) in [6.45, 7) is 1.94. The predicted octanol–water partition coefficient (Wildman–Crippen LogP) is 3.38. The summed E-state index contributed by atoms with van der Waals surface area (Å²) >= 11 is 0. The number of methoxy groups -OCH3 is 1. The van der Waals surface area contributed by atoms with E-state index >= 15 is 0 Å². The lowest BCUT2D eigenvalue weighted by Gasteiger charge is -2.08. The second kappa shape index (κ2) is 12.0. The van der Waals surface area contributed by atoms with Crippen molar-refractivity contribution in [1.29, 1.82) is 0 Å².